The highest BCUT2D eigenvalue weighted by molar-refractivity contribution is 6.30. The van der Waals surface area contributed by atoms with Gasteiger partial charge in [-0.15, -0.1) is 0 Å². The van der Waals surface area contributed by atoms with E-state index in [1.165, 1.54) is 0 Å². The molecule has 0 amide bonds. The van der Waals surface area contributed by atoms with Crippen molar-refractivity contribution < 1.29 is 4.52 Å². The molecule has 0 bridgehead atoms. The van der Waals surface area contributed by atoms with E-state index in [1.807, 2.05) is 12.1 Å². The van der Waals surface area contributed by atoms with E-state index < -0.39 is 0 Å². The Morgan fingerprint density at radius 2 is 2.23 bits per heavy atom. The van der Waals surface area contributed by atoms with Crippen LogP contribution in [0.2, 0.25) is 5.02 Å². The first kappa shape index (κ1) is 8.26. The van der Waals surface area contributed by atoms with Crippen molar-refractivity contribution in [3.8, 4) is 11.4 Å². The molecule has 2 rings (SSSR count). The summed E-state index contributed by atoms with van der Waals surface area (Å²) in [6, 6.07) is 7.34. The van der Waals surface area contributed by atoms with Crippen LogP contribution in [0.1, 0.15) is 5.89 Å². The van der Waals surface area contributed by atoms with Gasteiger partial charge < -0.3 is 4.52 Å². The lowest BCUT2D eigenvalue weighted by Gasteiger charge is -1.93. The first-order valence-electron chi connectivity index (χ1n) is 3.82. The zero-order valence-corrected chi connectivity index (χ0v) is 7.75. The third kappa shape index (κ3) is 1.70. The summed E-state index contributed by atoms with van der Waals surface area (Å²) in [6.07, 6.45) is 0. The average molecular weight is 195 g/mol. The summed E-state index contributed by atoms with van der Waals surface area (Å²) in [5, 5.41) is 4.45. The molecule has 1 aromatic carbocycles. The normalized spacial score (nSPS) is 10.3. The Kier molecular flexibility index (Phi) is 2.02. The molecule has 66 valence electrons. The second kappa shape index (κ2) is 3.18. The smallest absolute Gasteiger partial charge is 0.223 e. The fourth-order valence-corrected chi connectivity index (χ4v) is 1.23. The highest BCUT2D eigenvalue weighted by Gasteiger charge is 2.04. The fraction of sp³-hybridized carbons (Fsp3) is 0.111. The van der Waals surface area contributed by atoms with E-state index in [0.29, 0.717) is 16.7 Å². The Hall–Kier alpha value is -1.35. The molecule has 0 radical (unpaired) electrons. The van der Waals surface area contributed by atoms with E-state index in [1.54, 1.807) is 19.1 Å². The molecule has 0 aliphatic carbocycles. The standard InChI is InChI=1S/C9H7ClN2O/c1-6-11-9(12-13-6)7-3-2-4-8(10)5-7/h2-5H,1H3. The number of hydrogen-bond donors (Lipinski definition) is 0. The second-order valence-corrected chi connectivity index (χ2v) is 3.08. The molecule has 0 aliphatic rings. The monoisotopic (exact) mass is 194 g/mol. The highest BCUT2D eigenvalue weighted by Crippen LogP contribution is 2.19. The van der Waals surface area contributed by atoms with Crippen LogP contribution < -0.4 is 0 Å². The Morgan fingerprint density at radius 1 is 1.38 bits per heavy atom. The predicted octanol–water partition coefficient (Wildman–Crippen LogP) is 2.70. The number of hydrogen-bond acceptors (Lipinski definition) is 3. The molecule has 1 aromatic heterocycles. The highest BCUT2D eigenvalue weighted by atomic mass is 35.5. The summed E-state index contributed by atoms with van der Waals surface area (Å²) in [6.45, 7) is 1.75. The molecule has 0 spiro atoms. The van der Waals surface area contributed by atoms with Crippen LogP contribution >= 0.6 is 11.6 Å². The van der Waals surface area contributed by atoms with Crippen molar-refractivity contribution >= 4 is 11.6 Å². The zero-order valence-electron chi connectivity index (χ0n) is 6.99. The largest absolute Gasteiger partial charge is 0.339 e. The van der Waals surface area contributed by atoms with Crippen LogP contribution in [0.15, 0.2) is 28.8 Å². The summed E-state index contributed by atoms with van der Waals surface area (Å²) in [5.41, 5.74) is 0.865. The van der Waals surface area contributed by atoms with Crippen LogP contribution in [-0.2, 0) is 0 Å². The minimum Gasteiger partial charge on any atom is -0.339 e. The molecule has 0 unspecified atom stereocenters. The van der Waals surface area contributed by atoms with Crippen molar-refractivity contribution in [3.63, 3.8) is 0 Å². The molecular weight excluding hydrogens is 188 g/mol. The zero-order chi connectivity index (χ0) is 9.26. The Balaban J connectivity index is 2.46. The van der Waals surface area contributed by atoms with Gasteiger partial charge >= 0.3 is 0 Å². The number of nitrogens with zero attached hydrogens (tertiary/aromatic N) is 2. The van der Waals surface area contributed by atoms with Gasteiger partial charge in [0, 0.05) is 17.5 Å². The summed E-state index contributed by atoms with van der Waals surface area (Å²) >= 11 is 5.82. The van der Waals surface area contributed by atoms with Gasteiger partial charge in [-0.05, 0) is 12.1 Å². The van der Waals surface area contributed by atoms with Gasteiger partial charge in [-0.1, -0.05) is 28.9 Å². The van der Waals surface area contributed by atoms with Gasteiger partial charge in [0.25, 0.3) is 0 Å². The van der Waals surface area contributed by atoms with Crippen LogP contribution in [0, 0.1) is 6.92 Å². The number of aryl methyl sites for hydroxylation is 1. The number of rotatable bonds is 1. The molecule has 4 heteroatoms. The van der Waals surface area contributed by atoms with Crippen molar-refractivity contribution in [2.75, 3.05) is 0 Å². The Bertz CT molecular complexity index is 425. The number of benzene rings is 1. The van der Waals surface area contributed by atoms with Crippen LogP contribution in [0.5, 0.6) is 0 Å². The summed E-state index contributed by atoms with van der Waals surface area (Å²) < 4.78 is 4.85. The number of halogens is 1. The maximum atomic E-state index is 5.82. The van der Waals surface area contributed by atoms with Crippen molar-refractivity contribution in [1.82, 2.24) is 10.1 Å². The van der Waals surface area contributed by atoms with Gasteiger partial charge in [-0.3, -0.25) is 0 Å². The third-order valence-electron chi connectivity index (χ3n) is 1.61. The molecule has 2 aromatic rings. The number of aromatic nitrogens is 2. The van der Waals surface area contributed by atoms with Crippen LogP contribution in [0.3, 0.4) is 0 Å². The topological polar surface area (TPSA) is 38.9 Å². The maximum absolute atomic E-state index is 5.82. The van der Waals surface area contributed by atoms with Gasteiger partial charge in [0.2, 0.25) is 11.7 Å². The predicted molar refractivity (Wildman–Crippen MR) is 49.5 cm³/mol. The van der Waals surface area contributed by atoms with Crippen molar-refractivity contribution in [3.05, 3.63) is 35.2 Å². The molecule has 0 N–H and O–H groups in total. The maximum Gasteiger partial charge on any atom is 0.223 e. The summed E-state index contributed by atoms with van der Waals surface area (Å²) in [4.78, 5) is 4.09. The Morgan fingerprint density at radius 3 is 2.85 bits per heavy atom. The molecular formula is C9H7ClN2O. The van der Waals surface area contributed by atoms with Crippen molar-refractivity contribution in [2.24, 2.45) is 0 Å². The lowest BCUT2D eigenvalue weighted by Crippen LogP contribution is -1.79. The molecule has 0 saturated carbocycles. The average Bonchev–Trinajstić information content (AvgIpc) is 2.52. The third-order valence-corrected chi connectivity index (χ3v) is 1.85. The van der Waals surface area contributed by atoms with Crippen LogP contribution in [0.4, 0.5) is 0 Å². The first-order chi connectivity index (χ1) is 6.25. The molecule has 0 saturated heterocycles. The van der Waals surface area contributed by atoms with Gasteiger partial charge in [0.1, 0.15) is 0 Å². The first-order valence-corrected chi connectivity index (χ1v) is 4.20. The van der Waals surface area contributed by atoms with E-state index in [4.69, 9.17) is 16.1 Å². The second-order valence-electron chi connectivity index (χ2n) is 2.65. The lowest BCUT2D eigenvalue weighted by atomic mass is 10.2. The van der Waals surface area contributed by atoms with Crippen LogP contribution in [-0.4, -0.2) is 10.1 Å². The lowest BCUT2D eigenvalue weighted by molar-refractivity contribution is 0.394. The summed E-state index contributed by atoms with van der Waals surface area (Å²) in [5.74, 6) is 1.12. The minimum atomic E-state index is 0.551. The SMILES string of the molecule is Cc1nc(-c2cccc(Cl)c2)no1. The van der Waals surface area contributed by atoms with Gasteiger partial charge in [-0.2, -0.15) is 4.98 Å². The van der Waals surface area contributed by atoms with Crippen molar-refractivity contribution in [1.29, 1.82) is 0 Å². The van der Waals surface area contributed by atoms with E-state index >= 15 is 0 Å². The van der Waals surface area contributed by atoms with E-state index in [0.717, 1.165) is 5.56 Å². The van der Waals surface area contributed by atoms with Gasteiger partial charge in [0.15, 0.2) is 0 Å². The van der Waals surface area contributed by atoms with Crippen LogP contribution in [0.25, 0.3) is 11.4 Å². The minimum absolute atomic E-state index is 0.551. The molecule has 0 aliphatic heterocycles. The van der Waals surface area contributed by atoms with Crippen molar-refractivity contribution in [2.45, 2.75) is 6.92 Å². The molecule has 3 nitrogen and oxygen atoms in total. The van der Waals surface area contributed by atoms with E-state index in [2.05, 4.69) is 10.1 Å². The quantitative estimate of drug-likeness (QED) is 0.701. The molecule has 13 heavy (non-hydrogen) atoms. The van der Waals surface area contributed by atoms with Gasteiger partial charge in [0.05, 0.1) is 0 Å². The van der Waals surface area contributed by atoms with Gasteiger partial charge in [-0.25, -0.2) is 0 Å². The molecule has 1 heterocycles. The Labute approximate surface area is 80.3 Å². The molecule has 0 atom stereocenters. The van der Waals surface area contributed by atoms with E-state index in [9.17, 15) is 0 Å². The van der Waals surface area contributed by atoms with E-state index in [-0.39, 0.29) is 0 Å². The fourth-order valence-electron chi connectivity index (χ4n) is 1.04. The summed E-state index contributed by atoms with van der Waals surface area (Å²) in [7, 11) is 0. The molecule has 0 fully saturated rings.